The minimum absolute atomic E-state index is 0.662. The lowest BCUT2D eigenvalue weighted by Gasteiger charge is -2.30. The van der Waals surface area contributed by atoms with Crippen molar-refractivity contribution in [3.05, 3.63) is 12.4 Å². The van der Waals surface area contributed by atoms with Crippen LogP contribution in [-0.2, 0) is 0 Å². The van der Waals surface area contributed by atoms with E-state index >= 15 is 0 Å². The van der Waals surface area contributed by atoms with Crippen molar-refractivity contribution in [1.82, 2.24) is 9.97 Å². The van der Waals surface area contributed by atoms with E-state index in [4.69, 9.17) is 11.6 Å². The predicted octanol–water partition coefficient (Wildman–Crippen LogP) is 3.66. The van der Waals surface area contributed by atoms with Crippen molar-refractivity contribution < 1.29 is 0 Å². The van der Waals surface area contributed by atoms with Gasteiger partial charge in [-0.05, 0) is 30.9 Å². The molecule has 1 aliphatic carbocycles. The third-order valence-electron chi connectivity index (χ3n) is 3.66. The number of rotatable bonds is 5. The zero-order valence-corrected chi connectivity index (χ0v) is 12.3. The van der Waals surface area contributed by atoms with Crippen LogP contribution in [0.2, 0.25) is 0 Å². The molecule has 100 valence electrons. The molecule has 2 atom stereocenters. The lowest BCUT2D eigenvalue weighted by atomic mass is 9.80. The number of nitrogens with zero attached hydrogens (tertiary/aromatic N) is 2. The lowest BCUT2D eigenvalue weighted by molar-refractivity contribution is 0.272. The molecule has 0 aliphatic heterocycles. The van der Waals surface area contributed by atoms with E-state index in [-0.39, 0.29) is 0 Å². The highest BCUT2D eigenvalue weighted by atomic mass is 35.5. The van der Waals surface area contributed by atoms with Gasteiger partial charge in [0.2, 0.25) is 0 Å². The van der Waals surface area contributed by atoms with Gasteiger partial charge in [0.1, 0.15) is 17.2 Å². The van der Waals surface area contributed by atoms with E-state index < -0.39 is 0 Å². The Bertz CT molecular complexity index is 375. The van der Waals surface area contributed by atoms with Crippen LogP contribution >= 0.6 is 23.4 Å². The Balaban J connectivity index is 1.89. The number of hydrogen-bond donors (Lipinski definition) is 1. The molecule has 1 heterocycles. The van der Waals surface area contributed by atoms with Crippen LogP contribution in [0.25, 0.3) is 0 Å². The van der Waals surface area contributed by atoms with Crippen LogP contribution in [0.1, 0.15) is 25.7 Å². The summed E-state index contributed by atoms with van der Waals surface area (Å²) in [4.78, 5) is 8.43. The molecule has 5 heteroatoms. The first-order chi connectivity index (χ1) is 8.83. The van der Waals surface area contributed by atoms with Gasteiger partial charge in [-0.15, -0.1) is 23.4 Å². The number of anilines is 1. The highest BCUT2D eigenvalue weighted by Crippen LogP contribution is 2.31. The highest BCUT2D eigenvalue weighted by Gasteiger charge is 2.24. The lowest BCUT2D eigenvalue weighted by Crippen LogP contribution is -2.27. The molecule has 2 unspecified atom stereocenters. The van der Waals surface area contributed by atoms with E-state index in [1.54, 1.807) is 18.1 Å². The summed E-state index contributed by atoms with van der Waals surface area (Å²) < 4.78 is 0. The Morgan fingerprint density at radius 3 is 2.83 bits per heavy atom. The molecule has 0 aromatic carbocycles. The van der Waals surface area contributed by atoms with Gasteiger partial charge in [0.15, 0.2) is 0 Å². The van der Waals surface area contributed by atoms with Crippen LogP contribution in [-0.4, -0.2) is 28.6 Å². The first-order valence-electron chi connectivity index (χ1n) is 6.49. The molecule has 0 bridgehead atoms. The fourth-order valence-corrected chi connectivity index (χ4v) is 3.33. The molecule has 0 radical (unpaired) electrons. The second-order valence-electron chi connectivity index (χ2n) is 4.79. The molecule has 1 fully saturated rings. The van der Waals surface area contributed by atoms with E-state index in [0.717, 1.165) is 23.3 Å². The van der Waals surface area contributed by atoms with Crippen molar-refractivity contribution >= 4 is 29.2 Å². The number of halogens is 1. The largest absolute Gasteiger partial charge is 0.370 e. The van der Waals surface area contributed by atoms with Gasteiger partial charge < -0.3 is 5.32 Å². The summed E-state index contributed by atoms with van der Waals surface area (Å²) in [6.07, 6.45) is 8.86. The third-order valence-corrected chi connectivity index (χ3v) is 4.70. The van der Waals surface area contributed by atoms with Crippen molar-refractivity contribution in [2.24, 2.45) is 11.8 Å². The van der Waals surface area contributed by atoms with Gasteiger partial charge in [-0.3, -0.25) is 0 Å². The zero-order valence-electron chi connectivity index (χ0n) is 10.7. The number of hydrogen-bond acceptors (Lipinski definition) is 4. The average Bonchev–Trinajstić information content (AvgIpc) is 2.45. The standard InChI is InChI=1S/C13H20ClN3S/c1-18-13-6-12(16-9-17-13)15-8-11-5-3-2-4-10(11)7-14/h6,9-11H,2-5,7-8H2,1H3,(H,15,16,17). The fourth-order valence-electron chi connectivity index (χ4n) is 2.54. The molecule has 1 aromatic rings. The zero-order chi connectivity index (χ0) is 12.8. The molecule has 0 saturated heterocycles. The van der Waals surface area contributed by atoms with Crippen LogP contribution in [0.15, 0.2) is 17.4 Å². The molecule has 0 spiro atoms. The van der Waals surface area contributed by atoms with E-state index in [9.17, 15) is 0 Å². The molecule has 1 saturated carbocycles. The van der Waals surface area contributed by atoms with Crippen molar-refractivity contribution in [2.75, 3.05) is 24.0 Å². The summed E-state index contributed by atoms with van der Waals surface area (Å²) in [5, 5.41) is 4.43. The van der Waals surface area contributed by atoms with Crippen molar-refractivity contribution in [3.8, 4) is 0 Å². The van der Waals surface area contributed by atoms with Crippen molar-refractivity contribution in [2.45, 2.75) is 30.7 Å². The van der Waals surface area contributed by atoms with E-state index in [0.29, 0.717) is 11.8 Å². The number of aromatic nitrogens is 2. The second-order valence-corrected chi connectivity index (χ2v) is 5.92. The summed E-state index contributed by atoms with van der Waals surface area (Å²) in [7, 11) is 0. The first kappa shape index (κ1) is 13.9. The van der Waals surface area contributed by atoms with Crippen molar-refractivity contribution in [3.63, 3.8) is 0 Å². The molecule has 18 heavy (non-hydrogen) atoms. The Hall–Kier alpha value is -0.480. The maximum absolute atomic E-state index is 6.05. The molecule has 1 aromatic heterocycles. The number of thioether (sulfide) groups is 1. The van der Waals surface area contributed by atoms with Gasteiger partial charge in [-0.1, -0.05) is 12.8 Å². The SMILES string of the molecule is CSc1cc(NCC2CCCCC2CCl)ncn1. The van der Waals surface area contributed by atoms with E-state index in [1.165, 1.54) is 25.7 Å². The summed E-state index contributed by atoms with van der Waals surface area (Å²) in [6, 6.07) is 2.00. The Morgan fingerprint density at radius 2 is 2.11 bits per heavy atom. The molecular weight excluding hydrogens is 266 g/mol. The molecule has 1 aliphatic rings. The summed E-state index contributed by atoms with van der Waals surface area (Å²) >= 11 is 7.69. The fraction of sp³-hybridized carbons (Fsp3) is 0.692. The van der Waals surface area contributed by atoms with Crippen LogP contribution in [0.5, 0.6) is 0 Å². The Labute approximate surface area is 118 Å². The van der Waals surface area contributed by atoms with Crippen LogP contribution < -0.4 is 5.32 Å². The molecule has 2 rings (SSSR count). The quantitative estimate of drug-likeness (QED) is 0.509. The smallest absolute Gasteiger partial charge is 0.130 e. The maximum atomic E-state index is 6.05. The molecular formula is C13H20ClN3S. The average molecular weight is 286 g/mol. The number of nitrogens with one attached hydrogen (secondary N) is 1. The third kappa shape index (κ3) is 3.75. The highest BCUT2D eigenvalue weighted by molar-refractivity contribution is 7.98. The minimum atomic E-state index is 0.662. The summed E-state index contributed by atoms with van der Waals surface area (Å²) in [6.45, 7) is 0.974. The molecule has 3 nitrogen and oxygen atoms in total. The monoisotopic (exact) mass is 285 g/mol. The van der Waals surface area contributed by atoms with Gasteiger partial charge >= 0.3 is 0 Å². The van der Waals surface area contributed by atoms with Crippen LogP contribution in [0.4, 0.5) is 5.82 Å². The minimum Gasteiger partial charge on any atom is -0.370 e. The summed E-state index contributed by atoms with van der Waals surface area (Å²) in [5.41, 5.74) is 0. The topological polar surface area (TPSA) is 37.8 Å². The van der Waals surface area contributed by atoms with Crippen molar-refractivity contribution in [1.29, 1.82) is 0 Å². The second kappa shape index (κ2) is 7.19. The molecule has 1 N–H and O–H groups in total. The maximum Gasteiger partial charge on any atom is 0.130 e. The summed E-state index contributed by atoms with van der Waals surface area (Å²) in [5.74, 6) is 3.05. The normalized spacial score (nSPS) is 23.9. The van der Waals surface area contributed by atoms with Gasteiger partial charge in [0.05, 0.1) is 0 Å². The Morgan fingerprint density at radius 1 is 1.33 bits per heavy atom. The molecule has 0 amide bonds. The van der Waals surface area contributed by atoms with E-state index in [1.807, 2.05) is 12.3 Å². The van der Waals surface area contributed by atoms with Gasteiger partial charge in [0, 0.05) is 18.5 Å². The van der Waals surface area contributed by atoms with Gasteiger partial charge in [0.25, 0.3) is 0 Å². The number of alkyl halides is 1. The van der Waals surface area contributed by atoms with Crippen LogP contribution in [0.3, 0.4) is 0 Å². The van der Waals surface area contributed by atoms with Gasteiger partial charge in [-0.2, -0.15) is 0 Å². The van der Waals surface area contributed by atoms with E-state index in [2.05, 4.69) is 15.3 Å². The van der Waals surface area contributed by atoms with Crippen LogP contribution in [0, 0.1) is 11.8 Å². The predicted molar refractivity (Wildman–Crippen MR) is 78.5 cm³/mol. The Kier molecular flexibility index (Phi) is 5.57. The van der Waals surface area contributed by atoms with Gasteiger partial charge in [-0.25, -0.2) is 9.97 Å². The first-order valence-corrected chi connectivity index (χ1v) is 8.25.